The van der Waals surface area contributed by atoms with Gasteiger partial charge in [0.2, 0.25) is 0 Å². The lowest BCUT2D eigenvalue weighted by molar-refractivity contribution is 0.00508. The van der Waals surface area contributed by atoms with Crippen molar-refractivity contribution in [2.75, 3.05) is 13.2 Å². The second kappa shape index (κ2) is 7.84. The first-order valence-corrected chi connectivity index (χ1v) is 5.45. The van der Waals surface area contributed by atoms with Crippen LogP contribution in [0.2, 0.25) is 0 Å². The molecule has 2 unspecified atom stereocenters. The summed E-state index contributed by atoms with van der Waals surface area (Å²) < 4.78 is 5.71. The summed E-state index contributed by atoms with van der Waals surface area (Å²) in [5.41, 5.74) is 0. The minimum atomic E-state index is 0.219. The van der Waals surface area contributed by atoms with E-state index in [4.69, 9.17) is 11.2 Å². The SMILES string of the molecule is C#CCC(NCC)C(OCC)C(C)C. The van der Waals surface area contributed by atoms with Gasteiger partial charge in [0.05, 0.1) is 6.10 Å². The van der Waals surface area contributed by atoms with Gasteiger partial charge >= 0.3 is 0 Å². The Balaban J connectivity index is 4.30. The highest BCUT2D eigenvalue weighted by Gasteiger charge is 2.23. The molecule has 2 heteroatoms. The van der Waals surface area contributed by atoms with Gasteiger partial charge in [0.15, 0.2) is 0 Å². The van der Waals surface area contributed by atoms with Crippen LogP contribution in [-0.2, 0) is 4.74 Å². The van der Waals surface area contributed by atoms with Crippen LogP contribution in [0.5, 0.6) is 0 Å². The van der Waals surface area contributed by atoms with Crippen molar-refractivity contribution in [3.63, 3.8) is 0 Å². The molecule has 1 N–H and O–H groups in total. The van der Waals surface area contributed by atoms with Crippen molar-refractivity contribution < 1.29 is 4.74 Å². The molecule has 0 aliphatic carbocycles. The fourth-order valence-corrected chi connectivity index (χ4v) is 1.66. The molecule has 0 aliphatic heterocycles. The van der Waals surface area contributed by atoms with Gasteiger partial charge in [0.25, 0.3) is 0 Å². The molecule has 82 valence electrons. The monoisotopic (exact) mass is 197 g/mol. The highest BCUT2D eigenvalue weighted by atomic mass is 16.5. The lowest BCUT2D eigenvalue weighted by Gasteiger charge is -2.29. The Morgan fingerprint density at radius 3 is 2.36 bits per heavy atom. The maximum absolute atomic E-state index is 5.71. The smallest absolute Gasteiger partial charge is 0.0760 e. The van der Waals surface area contributed by atoms with Gasteiger partial charge in [-0.2, -0.15) is 0 Å². The minimum Gasteiger partial charge on any atom is -0.377 e. The molecule has 0 radical (unpaired) electrons. The zero-order chi connectivity index (χ0) is 11.0. The second-order valence-electron chi connectivity index (χ2n) is 3.74. The van der Waals surface area contributed by atoms with Crippen LogP contribution in [0.4, 0.5) is 0 Å². The van der Waals surface area contributed by atoms with E-state index >= 15 is 0 Å². The summed E-state index contributed by atoms with van der Waals surface area (Å²) in [5, 5.41) is 3.38. The quantitative estimate of drug-likeness (QED) is 0.631. The third-order valence-electron chi connectivity index (χ3n) is 2.22. The number of ether oxygens (including phenoxy) is 1. The lowest BCUT2D eigenvalue weighted by atomic mass is 9.97. The predicted octanol–water partition coefficient (Wildman–Crippen LogP) is 2.05. The van der Waals surface area contributed by atoms with E-state index in [1.54, 1.807) is 0 Å². The molecule has 2 atom stereocenters. The molecule has 0 bridgehead atoms. The summed E-state index contributed by atoms with van der Waals surface area (Å²) in [6.07, 6.45) is 6.30. The molecule has 0 spiro atoms. The Morgan fingerprint density at radius 1 is 1.36 bits per heavy atom. The maximum atomic E-state index is 5.71. The fraction of sp³-hybridized carbons (Fsp3) is 0.833. The average molecular weight is 197 g/mol. The highest BCUT2D eigenvalue weighted by molar-refractivity contribution is 4.93. The Bertz CT molecular complexity index is 172. The molecule has 0 aliphatic rings. The summed E-state index contributed by atoms with van der Waals surface area (Å²) in [6.45, 7) is 10.1. The van der Waals surface area contributed by atoms with E-state index in [9.17, 15) is 0 Å². The lowest BCUT2D eigenvalue weighted by Crippen LogP contribution is -2.44. The molecular formula is C12H23NO. The summed E-state index contributed by atoms with van der Waals surface area (Å²) in [6, 6.07) is 0.282. The number of likely N-dealkylation sites (N-methyl/N-ethyl adjacent to an activating group) is 1. The molecular weight excluding hydrogens is 174 g/mol. The van der Waals surface area contributed by atoms with Crippen LogP contribution in [0.3, 0.4) is 0 Å². The van der Waals surface area contributed by atoms with Gasteiger partial charge in [-0.15, -0.1) is 12.3 Å². The van der Waals surface area contributed by atoms with Gasteiger partial charge in [0.1, 0.15) is 0 Å². The van der Waals surface area contributed by atoms with Crippen molar-refractivity contribution in [1.29, 1.82) is 0 Å². The van der Waals surface area contributed by atoms with E-state index in [0.717, 1.165) is 19.6 Å². The zero-order valence-electron chi connectivity index (χ0n) is 9.84. The van der Waals surface area contributed by atoms with Crippen LogP contribution in [0, 0.1) is 18.3 Å². The summed E-state index contributed by atoms with van der Waals surface area (Å²) >= 11 is 0. The molecule has 0 saturated carbocycles. The maximum Gasteiger partial charge on any atom is 0.0760 e. The van der Waals surface area contributed by atoms with Crippen LogP contribution < -0.4 is 5.32 Å². The predicted molar refractivity (Wildman–Crippen MR) is 61.2 cm³/mol. The summed E-state index contributed by atoms with van der Waals surface area (Å²) in [5.74, 6) is 3.20. The van der Waals surface area contributed by atoms with Gasteiger partial charge in [0, 0.05) is 19.1 Å². The molecule has 0 saturated heterocycles. The Morgan fingerprint density at radius 2 is 2.00 bits per heavy atom. The van der Waals surface area contributed by atoms with Crippen molar-refractivity contribution >= 4 is 0 Å². The highest BCUT2D eigenvalue weighted by Crippen LogP contribution is 2.13. The molecule has 0 amide bonds. The first-order chi connectivity index (χ1) is 6.67. The Hall–Kier alpha value is -0.520. The molecule has 0 rings (SSSR count). The standard InChI is InChI=1S/C12H23NO/c1-6-9-11(13-7-2)12(10(4)5)14-8-3/h1,10-13H,7-9H2,2-5H3. The topological polar surface area (TPSA) is 21.3 Å². The van der Waals surface area contributed by atoms with Gasteiger partial charge in [-0.25, -0.2) is 0 Å². The molecule has 0 fully saturated rings. The van der Waals surface area contributed by atoms with E-state index in [0.29, 0.717) is 5.92 Å². The second-order valence-corrected chi connectivity index (χ2v) is 3.74. The molecule has 0 heterocycles. The number of nitrogens with one attached hydrogen (secondary N) is 1. The Kier molecular flexibility index (Phi) is 7.55. The first-order valence-electron chi connectivity index (χ1n) is 5.45. The van der Waals surface area contributed by atoms with Crippen LogP contribution in [0.25, 0.3) is 0 Å². The third kappa shape index (κ3) is 4.64. The molecule has 14 heavy (non-hydrogen) atoms. The normalized spacial score (nSPS) is 15.1. The number of terminal acetylenes is 1. The molecule has 0 aromatic rings. The van der Waals surface area contributed by atoms with Crippen LogP contribution in [0.15, 0.2) is 0 Å². The summed E-state index contributed by atoms with van der Waals surface area (Å²) in [7, 11) is 0. The minimum absolute atomic E-state index is 0.219. The van der Waals surface area contributed by atoms with Crippen molar-refractivity contribution in [2.24, 2.45) is 5.92 Å². The van der Waals surface area contributed by atoms with Crippen molar-refractivity contribution in [1.82, 2.24) is 5.32 Å². The Labute approximate surface area is 88.4 Å². The number of hydrogen-bond donors (Lipinski definition) is 1. The molecule has 0 aromatic heterocycles. The molecule has 0 aromatic carbocycles. The van der Waals surface area contributed by atoms with Crippen LogP contribution in [-0.4, -0.2) is 25.3 Å². The largest absolute Gasteiger partial charge is 0.377 e. The zero-order valence-corrected chi connectivity index (χ0v) is 9.84. The van der Waals surface area contributed by atoms with Crippen molar-refractivity contribution in [3.05, 3.63) is 0 Å². The molecule has 2 nitrogen and oxygen atoms in total. The van der Waals surface area contributed by atoms with E-state index < -0.39 is 0 Å². The van der Waals surface area contributed by atoms with Gasteiger partial charge < -0.3 is 10.1 Å². The van der Waals surface area contributed by atoms with Crippen molar-refractivity contribution in [3.8, 4) is 12.3 Å². The fourth-order valence-electron chi connectivity index (χ4n) is 1.66. The van der Waals surface area contributed by atoms with E-state index in [2.05, 4.69) is 32.0 Å². The van der Waals surface area contributed by atoms with Gasteiger partial charge in [-0.1, -0.05) is 20.8 Å². The van der Waals surface area contributed by atoms with E-state index in [1.165, 1.54) is 0 Å². The average Bonchev–Trinajstić information content (AvgIpc) is 2.13. The number of rotatable bonds is 7. The van der Waals surface area contributed by atoms with Crippen molar-refractivity contribution in [2.45, 2.75) is 46.3 Å². The van der Waals surface area contributed by atoms with Gasteiger partial charge in [-0.05, 0) is 19.4 Å². The third-order valence-corrected chi connectivity index (χ3v) is 2.22. The van der Waals surface area contributed by atoms with Gasteiger partial charge in [-0.3, -0.25) is 0 Å². The first kappa shape index (κ1) is 13.5. The van der Waals surface area contributed by atoms with Crippen LogP contribution >= 0.6 is 0 Å². The van der Waals surface area contributed by atoms with E-state index in [-0.39, 0.29) is 12.1 Å². The summed E-state index contributed by atoms with van der Waals surface area (Å²) in [4.78, 5) is 0. The number of hydrogen-bond acceptors (Lipinski definition) is 2. The van der Waals surface area contributed by atoms with E-state index in [1.807, 2.05) is 6.92 Å². The van der Waals surface area contributed by atoms with Crippen LogP contribution in [0.1, 0.15) is 34.1 Å².